The molecule has 1 aliphatic heterocycles. The fourth-order valence-electron chi connectivity index (χ4n) is 4.57. The van der Waals surface area contributed by atoms with Crippen LogP contribution >= 0.6 is 0 Å². The number of likely N-dealkylation sites (tertiary alicyclic amines) is 1. The third kappa shape index (κ3) is 4.96. The molecule has 35 heavy (non-hydrogen) atoms. The Hall–Kier alpha value is -3.94. The van der Waals surface area contributed by atoms with E-state index in [0.717, 1.165) is 18.4 Å². The number of amides is 1. The minimum atomic E-state index is -0.607. The Morgan fingerprint density at radius 1 is 1.03 bits per heavy atom. The Bertz CT molecular complexity index is 1370. The molecule has 0 aliphatic carbocycles. The van der Waals surface area contributed by atoms with E-state index in [1.54, 1.807) is 48.2 Å². The highest BCUT2D eigenvalue weighted by Gasteiger charge is 2.29. The van der Waals surface area contributed by atoms with Crippen LogP contribution in [0.5, 0.6) is 0 Å². The number of hydrogen-bond donors (Lipinski definition) is 0. The van der Waals surface area contributed by atoms with Crippen molar-refractivity contribution in [1.82, 2.24) is 14.0 Å². The molecule has 0 saturated carbocycles. The van der Waals surface area contributed by atoms with Crippen LogP contribution < -0.4 is 11.1 Å². The van der Waals surface area contributed by atoms with Crippen molar-refractivity contribution in [1.29, 1.82) is 0 Å². The Labute approximate surface area is 203 Å². The molecular formula is C27H29N3O5. The summed E-state index contributed by atoms with van der Waals surface area (Å²) in [6.45, 7) is 7.17. The van der Waals surface area contributed by atoms with Gasteiger partial charge >= 0.3 is 17.1 Å². The molecule has 0 unspecified atom stereocenters. The van der Waals surface area contributed by atoms with Crippen molar-refractivity contribution >= 4 is 22.9 Å². The molecule has 1 aromatic heterocycles. The second-order valence-corrected chi connectivity index (χ2v) is 8.62. The molecular weight excluding hydrogens is 446 g/mol. The zero-order valence-electron chi connectivity index (χ0n) is 19.8. The van der Waals surface area contributed by atoms with Crippen LogP contribution in [0, 0.1) is 5.92 Å². The van der Waals surface area contributed by atoms with Gasteiger partial charge in [-0.25, -0.2) is 0 Å². The van der Waals surface area contributed by atoms with Gasteiger partial charge in [-0.15, -0.1) is 6.58 Å². The molecule has 182 valence electrons. The standard InChI is InChI=1S/C27H29N3O5/c1-3-15-29-22-9-5-6-10-23(22)30(26(33)25(29)32)17-19-11-13-20(14-12-19)24(31)28-16-7-8-21(18-28)27(34)35-4-2/h3,5-6,9-14,21H,1,4,7-8,15-18H2,2H3/t21-/m1/s1. The monoisotopic (exact) mass is 475 g/mol. The number of piperidine rings is 1. The molecule has 3 aromatic rings. The molecule has 0 bridgehead atoms. The summed E-state index contributed by atoms with van der Waals surface area (Å²) in [5.74, 6) is -0.691. The second kappa shape index (κ2) is 10.5. The van der Waals surface area contributed by atoms with Gasteiger partial charge in [0.2, 0.25) is 0 Å². The van der Waals surface area contributed by atoms with E-state index in [1.807, 2.05) is 18.2 Å². The number of aromatic nitrogens is 2. The number of carbonyl (C=O) groups excluding carboxylic acids is 2. The van der Waals surface area contributed by atoms with Crippen LogP contribution in [0.1, 0.15) is 35.7 Å². The number of fused-ring (bicyclic) bond motifs is 1. The first-order valence-corrected chi connectivity index (χ1v) is 11.8. The first kappa shape index (κ1) is 24.2. The van der Waals surface area contributed by atoms with Crippen molar-refractivity contribution in [3.05, 3.63) is 93.0 Å². The predicted molar refractivity (Wildman–Crippen MR) is 133 cm³/mol. The molecule has 1 fully saturated rings. The summed E-state index contributed by atoms with van der Waals surface area (Å²) in [4.78, 5) is 52.4. The summed E-state index contributed by atoms with van der Waals surface area (Å²) >= 11 is 0. The van der Waals surface area contributed by atoms with Gasteiger partial charge in [-0.2, -0.15) is 0 Å². The van der Waals surface area contributed by atoms with Crippen LogP contribution in [0.2, 0.25) is 0 Å². The lowest BCUT2D eigenvalue weighted by atomic mass is 9.97. The number of rotatable bonds is 7. The van der Waals surface area contributed by atoms with Crippen LogP contribution in [0.4, 0.5) is 0 Å². The Morgan fingerprint density at radius 2 is 1.69 bits per heavy atom. The molecule has 4 rings (SSSR count). The van der Waals surface area contributed by atoms with Crippen molar-refractivity contribution in [2.75, 3.05) is 19.7 Å². The van der Waals surface area contributed by atoms with E-state index < -0.39 is 11.1 Å². The molecule has 1 aliphatic rings. The topological polar surface area (TPSA) is 90.6 Å². The lowest BCUT2D eigenvalue weighted by molar-refractivity contribution is -0.149. The molecule has 1 atom stereocenters. The molecule has 0 radical (unpaired) electrons. The fraction of sp³-hybridized carbons (Fsp3) is 0.333. The van der Waals surface area contributed by atoms with Crippen molar-refractivity contribution in [2.24, 2.45) is 5.92 Å². The van der Waals surface area contributed by atoms with Gasteiger partial charge in [0.1, 0.15) is 0 Å². The van der Waals surface area contributed by atoms with Gasteiger partial charge in [0, 0.05) is 25.2 Å². The average Bonchev–Trinajstić information content (AvgIpc) is 2.89. The van der Waals surface area contributed by atoms with Crippen molar-refractivity contribution < 1.29 is 14.3 Å². The number of ether oxygens (including phenoxy) is 1. The SMILES string of the molecule is C=CCn1c(=O)c(=O)n(Cc2ccc(C(=O)N3CCC[C@@H](C(=O)OCC)C3)cc2)c2ccccc21. The average molecular weight is 476 g/mol. The van der Waals surface area contributed by atoms with E-state index in [-0.39, 0.29) is 30.9 Å². The molecule has 0 spiro atoms. The fourth-order valence-corrected chi connectivity index (χ4v) is 4.57. The largest absolute Gasteiger partial charge is 0.466 e. The van der Waals surface area contributed by atoms with Crippen LogP contribution in [0.3, 0.4) is 0 Å². The number of esters is 1. The molecule has 1 amide bonds. The van der Waals surface area contributed by atoms with E-state index in [9.17, 15) is 19.2 Å². The third-order valence-corrected chi connectivity index (χ3v) is 6.32. The summed E-state index contributed by atoms with van der Waals surface area (Å²) in [7, 11) is 0. The maximum atomic E-state index is 13.0. The van der Waals surface area contributed by atoms with Crippen molar-refractivity contribution in [3.8, 4) is 0 Å². The summed E-state index contributed by atoms with van der Waals surface area (Å²) < 4.78 is 8.01. The predicted octanol–water partition coefficient (Wildman–Crippen LogP) is 2.81. The molecule has 2 heterocycles. The highest BCUT2D eigenvalue weighted by atomic mass is 16.5. The van der Waals surface area contributed by atoms with Crippen LogP contribution in [0.15, 0.2) is 70.8 Å². The van der Waals surface area contributed by atoms with Gasteiger partial charge in [0.25, 0.3) is 5.91 Å². The smallest absolute Gasteiger partial charge is 0.317 e. The number of para-hydroxylation sites is 2. The Balaban J connectivity index is 1.56. The lowest BCUT2D eigenvalue weighted by Crippen LogP contribution is -2.42. The molecule has 1 saturated heterocycles. The number of benzene rings is 2. The quantitative estimate of drug-likeness (QED) is 0.298. The third-order valence-electron chi connectivity index (χ3n) is 6.32. The van der Waals surface area contributed by atoms with Crippen LogP contribution in [-0.4, -0.2) is 45.6 Å². The molecule has 8 heteroatoms. The van der Waals surface area contributed by atoms with Gasteiger partial charge in [0.05, 0.1) is 30.1 Å². The summed E-state index contributed by atoms with van der Waals surface area (Å²) in [5, 5.41) is 0. The van der Waals surface area contributed by atoms with Gasteiger partial charge in [-0.3, -0.25) is 28.3 Å². The van der Waals surface area contributed by atoms with Crippen molar-refractivity contribution in [3.63, 3.8) is 0 Å². The van der Waals surface area contributed by atoms with Gasteiger partial charge in [0.15, 0.2) is 0 Å². The number of nitrogens with zero attached hydrogens (tertiary/aromatic N) is 3. The number of carbonyl (C=O) groups is 2. The van der Waals surface area contributed by atoms with E-state index in [0.29, 0.717) is 36.3 Å². The van der Waals surface area contributed by atoms with Crippen molar-refractivity contribution in [2.45, 2.75) is 32.9 Å². The first-order valence-electron chi connectivity index (χ1n) is 11.8. The van der Waals surface area contributed by atoms with E-state index in [2.05, 4.69) is 6.58 Å². The Kier molecular flexibility index (Phi) is 7.29. The minimum Gasteiger partial charge on any atom is -0.466 e. The minimum absolute atomic E-state index is 0.139. The normalized spacial score (nSPS) is 15.7. The first-order chi connectivity index (χ1) is 16.9. The summed E-state index contributed by atoms with van der Waals surface area (Å²) in [6.07, 6.45) is 3.06. The molecule has 2 aromatic carbocycles. The summed E-state index contributed by atoms with van der Waals surface area (Å²) in [6, 6.07) is 14.3. The zero-order valence-corrected chi connectivity index (χ0v) is 19.8. The second-order valence-electron chi connectivity index (χ2n) is 8.62. The maximum Gasteiger partial charge on any atom is 0.317 e. The summed E-state index contributed by atoms with van der Waals surface area (Å²) in [5.41, 5.74) is 1.40. The van der Waals surface area contributed by atoms with Crippen LogP contribution in [0.25, 0.3) is 11.0 Å². The zero-order chi connectivity index (χ0) is 24.9. The van der Waals surface area contributed by atoms with Gasteiger partial charge in [-0.1, -0.05) is 30.3 Å². The lowest BCUT2D eigenvalue weighted by Gasteiger charge is -2.31. The van der Waals surface area contributed by atoms with E-state index in [1.165, 1.54) is 9.13 Å². The number of hydrogen-bond acceptors (Lipinski definition) is 5. The molecule has 0 N–H and O–H groups in total. The molecule has 8 nitrogen and oxygen atoms in total. The van der Waals surface area contributed by atoms with Gasteiger partial charge < -0.3 is 9.64 Å². The number of allylic oxidation sites excluding steroid dienone is 1. The van der Waals surface area contributed by atoms with Gasteiger partial charge in [-0.05, 0) is 49.6 Å². The maximum absolute atomic E-state index is 13.0. The van der Waals surface area contributed by atoms with Crippen LogP contribution in [-0.2, 0) is 22.6 Å². The Morgan fingerprint density at radius 3 is 2.34 bits per heavy atom. The van der Waals surface area contributed by atoms with E-state index >= 15 is 0 Å². The van der Waals surface area contributed by atoms with E-state index in [4.69, 9.17) is 4.74 Å². The highest BCUT2D eigenvalue weighted by Crippen LogP contribution is 2.20. The highest BCUT2D eigenvalue weighted by molar-refractivity contribution is 5.94.